The molecule has 1 aliphatic carbocycles. The molecule has 1 N–H and O–H groups in total. The van der Waals surface area contributed by atoms with Gasteiger partial charge in [0.15, 0.2) is 0 Å². The number of carbonyl (C=O) groups is 1. The van der Waals surface area contributed by atoms with Crippen molar-refractivity contribution < 1.29 is 4.79 Å². The van der Waals surface area contributed by atoms with Gasteiger partial charge in [-0.05, 0) is 80.3 Å². The van der Waals surface area contributed by atoms with Crippen LogP contribution >= 0.6 is 7.26 Å². The predicted octanol–water partition coefficient (Wildman–Crippen LogP) is 6.34. The number of benzene rings is 3. The fourth-order valence-corrected chi connectivity index (χ4v) is 9.93. The van der Waals surface area contributed by atoms with Crippen molar-refractivity contribution in [1.29, 1.82) is 0 Å². The van der Waals surface area contributed by atoms with Crippen LogP contribution in [0.1, 0.15) is 52.4 Å². The number of nitrogens with one attached hydrogen (secondary N) is 1. The van der Waals surface area contributed by atoms with E-state index in [1.54, 1.807) is 0 Å². The topological polar surface area (TPSA) is 29.1 Å². The highest BCUT2D eigenvalue weighted by molar-refractivity contribution is 7.95. The summed E-state index contributed by atoms with van der Waals surface area (Å²) < 4.78 is 0. The van der Waals surface area contributed by atoms with Gasteiger partial charge in [-0.2, -0.15) is 0 Å². The third-order valence-electron chi connectivity index (χ3n) is 7.99. The van der Waals surface area contributed by atoms with Gasteiger partial charge in [-0.25, -0.2) is 0 Å². The molecule has 35 heavy (non-hydrogen) atoms. The van der Waals surface area contributed by atoms with Crippen LogP contribution in [0.2, 0.25) is 0 Å². The van der Waals surface area contributed by atoms with Crippen LogP contribution in [-0.4, -0.2) is 18.6 Å². The van der Waals surface area contributed by atoms with E-state index in [1.165, 1.54) is 41.6 Å². The summed E-state index contributed by atoms with van der Waals surface area (Å²) >= 11 is 0. The maximum absolute atomic E-state index is 13.2. The predicted molar refractivity (Wildman–Crippen MR) is 153 cm³/mol. The van der Waals surface area contributed by atoms with Crippen LogP contribution < -0.4 is 21.2 Å². The molecule has 0 radical (unpaired) electrons. The molecule has 2 nitrogen and oxygen atoms in total. The van der Waals surface area contributed by atoms with E-state index >= 15 is 0 Å². The smallest absolute Gasteiger partial charge is 0.223 e. The Morgan fingerprint density at radius 1 is 0.800 bits per heavy atom. The minimum absolute atomic E-state index is 0.182. The van der Waals surface area contributed by atoms with Gasteiger partial charge >= 0.3 is 0 Å². The monoisotopic (exact) mass is 486 g/mol. The van der Waals surface area contributed by atoms with Gasteiger partial charge in [-0.3, -0.25) is 4.79 Å². The van der Waals surface area contributed by atoms with Crippen molar-refractivity contribution in [3.63, 3.8) is 0 Å². The average Bonchev–Trinajstić information content (AvgIpc) is 2.93. The van der Waals surface area contributed by atoms with Gasteiger partial charge in [-0.15, -0.1) is 0 Å². The summed E-state index contributed by atoms with van der Waals surface area (Å²) in [6.45, 7) is 5.35. The van der Waals surface area contributed by atoms with Crippen molar-refractivity contribution in [1.82, 2.24) is 5.32 Å². The van der Waals surface area contributed by atoms with Crippen molar-refractivity contribution in [2.75, 3.05) is 12.7 Å². The van der Waals surface area contributed by atoms with Gasteiger partial charge < -0.3 is 5.32 Å². The number of rotatable bonds is 10. The van der Waals surface area contributed by atoms with Crippen LogP contribution in [-0.2, 0) is 4.79 Å². The lowest BCUT2D eigenvalue weighted by molar-refractivity contribution is -0.126. The van der Waals surface area contributed by atoms with Crippen LogP contribution in [0.3, 0.4) is 0 Å². The first-order valence-corrected chi connectivity index (χ1v) is 15.4. The van der Waals surface area contributed by atoms with Gasteiger partial charge in [0.1, 0.15) is 23.2 Å². The molecule has 1 aliphatic rings. The summed E-state index contributed by atoms with van der Waals surface area (Å²) in [5.41, 5.74) is 0. The number of carbonyl (C=O) groups excluding carboxylic acids is 1. The van der Waals surface area contributed by atoms with Gasteiger partial charge in [0.25, 0.3) is 0 Å². The minimum atomic E-state index is -1.89. The number of hydrogen-bond acceptors (Lipinski definition) is 1. The standard InChI is InChI=1S/C32H40NOP/c1-3-26(2)25-27-19-21-28(22-20-27)32(34)33-23-24-35(29-13-7-4-8-14-29,30-15-9-5-10-16-30)31-17-11-6-12-18-31/h4-18,26-28H,3,19-25H2,1-2H3/p+1. The molecule has 1 atom stereocenters. The van der Waals surface area contributed by atoms with Crippen LogP contribution in [0.4, 0.5) is 0 Å². The van der Waals surface area contributed by atoms with E-state index in [2.05, 4.69) is 110 Å². The Balaban J connectivity index is 1.50. The molecule has 1 amide bonds. The first-order valence-electron chi connectivity index (χ1n) is 13.5. The van der Waals surface area contributed by atoms with E-state index < -0.39 is 7.26 Å². The molecule has 4 rings (SSSR count). The zero-order valence-corrected chi connectivity index (χ0v) is 22.3. The van der Waals surface area contributed by atoms with Crippen LogP contribution in [0.15, 0.2) is 91.0 Å². The van der Waals surface area contributed by atoms with Gasteiger partial charge in [0.2, 0.25) is 5.91 Å². The number of amides is 1. The summed E-state index contributed by atoms with van der Waals surface area (Å²) in [4.78, 5) is 13.2. The minimum Gasteiger partial charge on any atom is -0.352 e. The van der Waals surface area contributed by atoms with E-state index in [0.717, 1.165) is 30.8 Å². The Bertz CT molecular complexity index is 932. The van der Waals surface area contributed by atoms with E-state index in [4.69, 9.17) is 0 Å². The molecular formula is C32H41NOP+. The summed E-state index contributed by atoms with van der Waals surface area (Å²) in [6, 6.07) is 32.8. The van der Waals surface area contributed by atoms with Crippen molar-refractivity contribution >= 4 is 29.1 Å². The normalized spacial score (nSPS) is 19.1. The van der Waals surface area contributed by atoms with Crippen LogP contribution in [0.5, 0.6) is 0 Å². The maximum atomic E-state index is 13.2. The highest BCUT2D eigenvalue weighted by atomic mass is 31.2. The highest BCUT2D eigenvalue weighted by Crippen LogP contribution is 2.54. The maximum Gasteiger partial charge on any atom is 0.223 e. The molecule has 0 aromatic heterocycles. The lowest BCUT2D eigenvalue weighted by Crippen LogP contribution is -2.40. The Hall–Kier alpha value is -2.44. The summed E-state index contributed by atoms with van der Waals surface area (Å²) in [6.07, 6.45) is 8.01. The Morgan fingerprint density at radius 3 is 1.69 bits per heavy atom. The molecule has 3 aromatic carbocycles. The van der Waals surface area contributed by atoms with Crippen LogP contribution in [0, 0.1) is 17.8 Å². The Labute approximate surface area is 212 Å². The fourth-order valence-electron chi connectivity index (χ4n) is 5.77. The van der Waals surface area contributed by atoms with E-state index in [9.17, 15) is 4.79 Å². The van der Waals surface area contributed by atoms with Gasteiger partial charge in [-0.1, -0.05) is 74.9 Å². The van der Waals surface area contributed by atoms with Crippen molar-refractivity contribution in [2.45, 2.75) is 52.4 Å². The first kappa shape index (κ1) is 25.6. The first-order chi connectivity index (χ1) is 17.1. The van der Waals surface area contributed by atoms with E-state index in [1.807, 2.05) is 0 Å². The average molecular weight is 487 g/mol. The third-order valence-corrected chi connectivity index (χ3v) is 12.4. The molecule has 1 fully saturated rings. The number of hydrogen-bond donors (Lipinski definition) is 1. The second-order valence-corrected chi connectivity index (χ2v) is 13.9. The third kappa shape index (κ3) is 6.22. The molecule has 0 bridgehead atoms. The highest BCUT2D eigenvalue weighted by Gasteiger charge is 2.44. The zero-order valence-electron chi connectivity index (χ0n) is 21.4. The zero-order chi connectivity index (χ0) is 24.5. The van der Waals surface area contributed by atoms with Gasteiger partial charge in [0.05, 0.1) is 12.7 Å². The molecule has 3 heteroatoms. The quantitative estimate of drug-likeness (QED) is 0.333. The molecular weight excluding hydrogens is 445 g/mol. The lowest BCUT2D eigenvalue weighted by atomic mass is 9.77. The molecule has 0 spiro atoms. The second-order valence-electron chi connectivity index (χ2n) is 10.3. The summed E-state index contributed by atoms with van der Waals surface area (Å²) in [5, 5.41) is 7.49. The van der Waals surface area contributed by atoms with Crippen LogP contribution in [0.25, 0.3) is 0 Å². The molecule has 184 valence electrons. The van der Waals surface area contributed by atoms with E-state index in [-0.39, 0.29) is 11.8 Å². The van der Waals surface area contributed by atoms with Crippen molar-refractivity contribution in [2.24, 2.45) is 17.8 Å². The summed E-state index contributed by atoms with van der Waals surface area (Å²) in [5.74, 6) is 2.05. The second kappa shape index (κ2) is 12.5. The molecule has 0 heterocycles. The molecule has 1 unspecified atom stereocenters. The SMILES string of the molecule is CCC(C)CC1CCC(C(=O)NCC[P+](c2ccccc2)(c2ccccc2)c2ccccc2)CC1. The lowest BCUT2D eigenvalue weighted by Gasteiger charge is -2.30. The Morgan fingerprint density at radius 2 is 1.26 bits per heavy atom. The Kier molecular flexibility index (Phi) is 9.16. The molecule has 0 aliphatic heterocycles. The van der Waals surface area contributed by atoms with Gasteiger partial charge in [0, 0.05) is 5.92 Å². The fraction of sp³-hybridized carbons (Fsp3) is 0.406. The molecule has 1 saturated carbocycles. The summed E-state index contributed by atoms with van der Waals surface area (Å²) in [7, 11) is -1.89. The van der Waals surface area contributed by atoms with Crippen molar-refractivity contribution in [3.8, 4) is 0 Å². The molecule has 0 saturated heterocycles. The largest absolute Gasteiger partial charge is 0.352 e. The molecule has 3 aromatic rings. The van der Waals surface area contributed by atoms with Crippen molar-refractivity contribution in [3.05, 3.63) is 91.0 Å². The van der Waals surface area contributed by atoms with E-state index in [0.29, 0.717) is 6.54 Å².